The van der Waals surface area contributed by atoms with Gasteiger partial charge in [0.25, 0.3) is 0 Å². The normalized spacial score (nSPS) is 9.67. The maximum Gasteiger partial charge on any atom is 0.307 e. The molecule has 0 spiro atoms. The van der Waals surface area contributed by atoms with Crippen molar-refractivity contribution in [2.75, 3.05) is 0 Å². The van der Waals surface area contributed by atoms with Crippen molar-refractivity contribution in [1.29, 1.82) is 5.26 Å². The number of nitriles is 1. The Bertz CT molecular complexity index is 440. The first-order chi connectivity index (χ1) is 7.08. The van der Waals surface area contributed by atoms with Gasteiger partial charge in [-0.1, -0.05) is 0 Å². The van der Waals surface area contributed by atoms with E-state index in [1.807, 2.05) is 6.07 Å². The van der Waals surface area contributed by atoms with Crippen molar-refractivity contribution in [2.24, 2.45) is 0 Å². The van der Waals surface area contributed by atoms with Gasteiger partial charge >= 0.3 is 5.97 Å². The fourth-order valence-corrected chi connectivity index (χ4v) is 1.93. The number of hydrogen-bond acceptors (Lipinski definition) is 2. The van der Waals surface area contributed by atoms with Crippen molar-refractivity contribution in [3.05, 3.63) is 33.3 Å². The summed E-state index contributed by atoms with van der Waals surface area (Å²) in [4.78, 5) is 10.6. The lowest BCUT2D eigenvalue weighted by Gasteiger charge is -2.06. The van der Waals surface area contributed by atoms with Crippen LogP contribution < -0.4 is 0 Å². The van der Waals surface area contributed by atoms with Gasteiger partial charge in [-0.2, -0.15) is 5.26 Å². The molecule has 15 heavy (non-hydrogen) atoms. The number of benzene rings is 1. The minimum Gasteiger partial charge on any atom is -0.481 e. The van der Waals surface area contributed by atoms with Gasteiger partial charge in [0.2, 0.25) is 0 Å². The van der Waals surface area contributed by atoms with E-state index in [2.05, 4.69) is 15.9 Å². The Morgan fingerprint density at radius 2 is 2.20 bits per heavy atom. The summed E-state index contributed by atoms with van der Waals surface area (Å²) in [6, 6.07) is 5.21. The molecular formula is C10H7BrClNO2. The van der Waals surface area contributed by atoms with E-state index >= 15 is 0 Å². The standard InChI is InChI=1S/C10H7BrClNO2/c11-9-2-7(4-12)6(3-10(14)15)1-8(9)5-13/h1-2H,3-4H2,(H,14,15). The van der Waals surface area contributed by atoms with Crippen LogP contribution in [0.4, 0.5) is 0 Å². The summed E-state index contributed by atoms with van der Waals surface area (Å²) in [6.07, 6.45) is -0.121. The highest BCUT2D eigenvalue weighted by Crippen LogP contribution is 2.23. The predicted octanol–water partition coefficient (Wildman–Crippen LogP) is 2.69. The molecule has 0 fully saturated rings. The Morgan fingerprint density at radius 1 is 1.53 bits per heavy atom. The van der Waals surface area contributed by atoms with Crippen LogP contribution in [-0.2, 0) is 17.1 Å². The molecule has 0 atom stereocenters. The fraction of sp³-hybridized carbons (Fsp3) is 0.200. The average molecular weight is 289 g/mol. The molecule has 1 N–H and O–H groups in total. The molecule has 0 unspecified atom stereocenters. The summed E-state index contributed by atoms with van der Waals surface area (Å²) < 4.78 is 0.634. The second-order valence-electron chi connectivity index (χ2n) is 2.92. The summed E-state index contributed by atoms with van der Waals surface area (Å²) >= 11 is 8.91. The van der Waals surface area contributed by atoms with Crippen molar-refractivity contribution < 1.29 is 9.90 Å². The molecule has 0 saturated carbocycles. The fourth-order valence-electron chi connectivity index (χ4n) is 1.20. The average Bonchev–Trinajstić information content (AvgIpc) is 2.19. The Labute approximate surface area is 100 Å². The highest BCUT2D eigenvalue weighted by atomic mass is 79.9. The topological polar surface area (TPSA) is 61.1 Å². The maximum atomic E-state index is 10.6. The summed E-state index contributed by atoms with van der Waals surface area (Å²) in [5.41, 5.74) is 1.72. The smallest absolute Gasteiger partial charge is 0.307 e. The molecule has 0 heterocycles. The third-order valence-electron chi connectivity index (χ3n) is 1.90. The van der Waals surface area contributed by atoms with E-state index in [4.69, 9.17) is 22.0 Å². The molecule has 0 radical (unpaired) electrons. The van der Waals surface area contributed by atoms with Crippen molar-refractivity contribution in [2.45, 2.75) is 12.3 Å². The number of carbonyl (C=O) groups is 1. The van der Waals surface area contributed by atoms with Crippen LogP contribution in [-0.4, -0.2) is 11.1 Å². The number of rotatable bonds is 3. The number of halogens is 2. The first kappa shape index (κ1) is 12.0. The van der Waals surface area contributed by atoms with E-state index in [9.17, 15) is 4.79 Å². The van der Waals surface area contributed by atoms with Crippen LogP contribution in [0.2, 0.25) is 0 Å². The van der Waals surface area contributed by atoms with Crippen molar-refractivity contribution in [1.82, 2.24) is 0 Å². The molecule has 0 aliphatic carbocycles. The third kappa shape index (κ3) is 2.95. The van der Waals surface area contributed by atoms with E-state index in [0.717, 1.165) is 5.56 Å². The van der Waals surface area contributed by atoms with Gasteiger partial charge < -0.3 is 5.11 Å². The SMILES string of the molecule is N#Cc1cc(CC(=O)O)c(CCl)cc1Br. The number of aliphatic carboxylic acids is 1. The molecule has 1 aromatic carbocycles. The first-order valence-electron chi connectivity index (χ1n) is 4.07. The Balaban J connectivity index is 3.23. The van der Waals surface area contributed by atoms with Gasteiger partial charge in [0, 0.05) is 10.4 Å². The lowest BCUT2D eigenvalue weighted by molar-refractivity contribution is -0.136. The lowest BCUT2D eigenvalue weighted by atomic mass is 10.0. The van der Waals surface area contributed by atoms with Crippen molar-refractivity contribution in [3.8, 4) is 6.07 Å². The molecule has 0 aromatic heterocycles. The molecular weight excluding hydrogens is 281 g/mol. The van der Waals surface area contributed by atoms with Gasteiger partial charge in [-0.15, -0.1) is 11.6 Å². The van der Waals surface area contributed by atoms with Gasteiger partial charge in [-0.25, -0.2) is 0 Å². The number of hydrogen-bond donors (Lipinski definition) is 1. The zero-order valence-electron chi connectivity index (χ0n) is 7.63. The minimum absolute atomic E-state index is 0.121. The van der Waals surface area contributed by atoms with Gasteiger partial charge in [0.05, 0.1) is 12.0 Å². The second-order valence-corrected chi connectivity index (χ2v) is 4.04. The Kier molecular flexibility index (Phi) is 4.13. The number of alkyl halides is 1. The molecule has 5 heteroatoms. The molecule has 0 amide bonds. The zero-order valence-corrected chi connectivity index (χ0v) is 9.97. The predicted molar refractivity (Wildman–Crippen MR) is 59.8 cm³/mol. The van der Waals surface area contributed by atoms with Crippen LogP contribution in [0.15, 0.2) is 16.6 Å². The van der Waals surface area contributed by atoms with E-state index in [1.54, 1.807) is 12.1 Å². The van der Waals surface area contributed by atoms with Crippen molar-refractivity contribution in [3.63, 3.8) is 0 Å². The molecule has 1 aromatic rings. The molecule has 1 rings (SSSR count). The van der Waals surface area contributed by atoms with E-state index in [-0.39, 0.29) is 12.3 Å². The van der Waals surface area contributed by atoms with Gasteiger partial charge in [0.15, 0.2) is 0 Å². The van der Waals surface area contributed by atoms with E-state index < -0.39 is 5.97 Å². The highest BCUT2D eigenvalue weighted by molar-refractivity contribution is 9.10. The Morgan fingerprint density at radius 3 is 2.67 bits per heavy atom. The maximum absolute atomic E-state index is 10.6. The van der Waals surface area contributed by atoms with Crippen molar-refractivity contribution >= 4 is 33.5 Å². The van der Waals surface area contributed by atoms with Crippen LogP contribution in [0.3, 0.4) is 0 Å². The summed E-state index contributed by atoms with van der Waals surface area (Å²) in [5, 5.41) is 17.5. The van der Waals surface area contributed by atoms with E-state index in [1.165, 1.54) is 0 Å². The summed E-state index contributed by atoms with van der Waals surface area (Å²) in [6.45, 7) is 0. The number of carboxylic acids is 1. The van der Waals surface area contributed by atoms with E-state index in [0.29, 0.717) is 15.6 Å². The number of nitrogens with zero attached hydrogens (tertiary/aromatic N) is 1. The summed E-state index contributed by atoms with van der Waals surface area (Å²) in [7, 11) is 0. The van der Waals surface area contributed by atoms with Gasteiger partial charge in [-0.3, -0.25) is 4.79 Å². The monoisotopic (exact) mass is 287 g/mol. The summed E-state index contributed by atoms with van der Waals surface area (Å²) in [5.74, 6) is -0.708. The molecule has 0 bridgehead atoms. The molecule has 0 aliphatic rings. The van der Waals surface area contributed by atoms with Crippen LogP contribution in [0, 0.1) is 11.3 Å². The first-order valence-corrected chi connectivity index (χ1v) is 5.40. The zero-order chi connectivity index (χ0) is 11.4. The quantitative estimate of drug-likeness (QED) is 0.870. The van der Waals surface area contributed by atoms with Crippen LogP contribution in [0.25, 0.3) is 0 Å². The molecule has 0 saturated heterocycles. The van der Waals surface area contributed by atoms with Crippen LogP contribution in [0.1, 0.15) is 16.7 Å². The molecule has 0 aliphatic heterocycles. The van der Waals surface area contributed by atoms with Gasteiger partial charge in [0.1, 0.15) is 6.07 Å². The Hall–Kier alpha value is -1.05. The third-order valence-corrected chi connectivity index (χ3v) is 2.84. The lowest BCUT2D eigenvalue weighted by Crippen LogP contribution is -2.03. The second kappa shape index (κ2) is 5.15. The van der Waals surface area contributed by atoms with Crippen LogP contribution >= 0.6 is 27.5 Å². The van der Waals surface area contributed by atoms with Gasteiger partial charge in [-0.05, 0) is 39.2 Å². The highest BCUT2D eigenvalue weighted by Gasteiger charge is 2.10. The minimum atomic E-state index is -0.937. The molecule has 78 valence electrons. The largest absolute Gasteiger partial charge is 0.481 e. The number of carboxylic acid groups (broad SMARTS) is 1. The van der Waals surface area contributed by atoms with Crippen LogP contribution in [0.5, 0.6) is 0 Å². The molecule has 3 nitrogen and oxygen atoms in total.